The number of fused-ring (bicyclic) bond motifs is 1. The van der Waals surface area contributed by atoms with E-state index < -0.39 is 0 Å². The summed E-state index contributed by atoms with van der Waals surface area (Å²) in [6.07, 6.45) is 7.42. The van der Waals surface area contributed by atoms with Crippen LogP contribution in [0.5, 0.6) is 0 Å². The normalized spacial score (nSPS) is 22.5. The third-order valence-electron chi connectivity index (χ3n) is 1.74. The summed E-state index contributed by atoms with van der Waals surface area (Å²) in [6, 6.07) is 0. The molecule has 3 N–H and O–H groups in total. The summed E-state index contributed by atoms with van der Waals surface area (Å²) in [5, 5.41) is 21.0. The molecular weight excluding hydrogens is 244 g/mol. The van der Waals surface area contributed by atoms with Crippen molar-refractivity contribution >= 4 is 0 Å². The zero-order valence-electron chi connectivity index (χ0n) is 10.8. The van der Waals surface area contributed by atoms with Crippen LogP contribution < -0.4 is 0 Å². The smallest absolute Gasteiger partial charge is 0.400 e. The van der Waals surface area contributed by atoms with E-state index in [1.807, 2.05) is 0 Å². The van der Waals surface area contributed by atoms with Gasteiger partial charge in [0.05, 0.1) is 12.2 Å². The molecule has 0 aromatic heterocycles. The number of hydrogen-bond acceptors (Lipinski definition) is 4. The third kappa shape index (κ3) is 14.6. The van der Waals surface area contributed by atoms with Crippen LogP contribution in [0.2, 0.25) is 0 Å². The van der Waals surface area contributed by atoms with E-state index in [4.69, 9.17) is 20.1 Å². The zero-order valence-corrected chi connectivity index (χ0v) is 12.4. The molecule has 1 heterocycles. The van der Waals surface area contributed by atoms with Crippen LogP contribution in [0.15, 0.2) is 0 Å². The first-order valence-corrected chi connectivity index (χ1v) is 4.99. The van der Waals surface area contributed by atoms with E-state index in [-0.39, 0.29) is 21.7 Å². The molecule has 2 atom stereocenters. The van der Waals surface area contributed by atoms with Crippen LogP contribution in [-0.2, 0) is 26.5 Å². The maximum atomic E-state index is 7.00. The van der Waals surface area contributed by atoms with Crippen molar-refractivity contribution in [2.24, 2.45) is 0 Å². The summed E-state index contributed by atoms with van der Waals surface area (Å²) in [5.74, 6) is 0. The number of aliphatic hydroxyl groups is 3. The number of rotatable bonds is 0. The molecule has 1 aliphatic carbocycles. The van der Waals surface area contributed by atoms with Crippen LogP contribution >= 0.6 is 0 Å². The molecule has 0 spiro atoms. The maximum Gasteiger partial charge on any atom is 2.00 e. The average Bonchev–Trinajstić information content (AvgIpc) is 3.18. The Morgan fingerprint density at radius 3 is 1.69 bits per heavy atom. The van der Waals surface area contributed by atoms with Crippen LogP contribution in [0.4, 0.5) is 0 Å². The van der Waals surface area contributed by atoms with Gasteiger partial charge in [-0.25, -0.2) is 0 Å². The molecule has 1 saturated heterocycles. The van der Waals surface area contributed by atoms with Gasteiger partial charge in [-0.15, -0.1) is 6.42 Å². The van der Waals surface area contributed by atoms with E-state index in [0.29, 0.717) is 12.2 Å². The summed E-state index contributed by atoms with van der Waals surface area (Å²) in [6.45, 7) is 5.00. The van der Waals surface area contributed by atoms with Crippen LogP contribution in [0, 0.1) is 13.3 Å². The second-order valence-corrected chi connectivity index (χ2v) is 2.31. The van der Waals surface area contributed by atoms with Gasteiger partial charge in [0.15, 0.2) is 0 Å². The van der Waals surface area contributed by atoms with Gasteiger partial charge in [-0.3, -0.25) is 0 Å². The third-order valence-corrected chi connectivity index (χ3v) is 1.74. The summed E-state index contributed by atoms with van der Waals surface area (Å²) in [5.41, 5.74) is 0. The molecule has 1 saturated carbocycles. The Balaban J connectivity index is -0.0000000705. The first kappa shape index (κ1) is 25.4. The maximum absolute atomic E-state index is 7.00. The van der Waals surface area contributed by atoms with Crippen molar-refractivity contribution < 1.29 is 41.8 Å². The van der Waals surface area contributed by atoms with Crippen molar-refractivity contribution in [1.29, 1.82) is 0 Å². The van der Waals surface area contributed by atoms with Crippen molar-refractivity contribution in [3.8, 4) is 0 Å². The van der Waals surface area contributed by atoms with Crippen LogP contribution in [-0.4, -0.2) is 48.9 Å². The zero-order chi connectivity index (χ0) is 12.7. The quantitative estimate of drug-likeness (QED) is 0.346. The largest absolute Gasteiger partial charge is 2.00 e. The molecule has 5 heteroatoms. The second kappa shape index (κ2) is 24.7. The molecule has 4 nitrogen and oxygen atoms in total. The SMILES string of the molecule is CO.CO.CO.[CH-]1CCC2OC2C1.[CH2-]C.[Ti+2]. The number of hydrogen-bond donors (Lipinski definition) is 3. The predicted molar refractivity (Wildman–Crippen MR) is 62.3 cm³/mol. The summed E-state index contributed by atoms with van der Waals surface area (Å²) < 4.78 is 5.25. The number of epoxide rings is 1. The fourth-order valence-electron chi connectivity index (χ4n) is 1.20. The molecule has 98 valence electrons. The standard InChI is InChI=1S/C6H9O.C2H5.3CH4O.Ti/c1-2-4-6-5(3-1)7-6;4*1-2;/h1,5-6H,2-4H2;1H2,2H3;3*2H,1H3;/q2*-1;;;;+2. The van der Waals surface area contributed by atoms with Crippen molar-refractivity contribution in [3.05, 3.63) is 13.3 Å². The van der Waals surface area contributed by atoms with E-state index >= 15 is 0 Å². The molecule has 0 aromatic carbocycles. The molecule has 2 fully saturated rings. The Morgan fingerprint density at radius 2 is 1.44 bits per heavy atom. The fraction of sp³-hybridized carbons (Fsp3) is 0.818. The number of aliphatic hydroxyl groups excluding tert-OH is 3. The van der Waals surface area contributed by atoms with Crippen LogP contribution in [0.3, 0.4) is 0 Å². The van der Waals surface area contributed by atoms with Gasteiger partial charge in [-0.2, -0.15) is 13.3 Å². The monoisotopic (exact) mass is 270 g/mol. The van der Waals surface area contributed by atoms with Crippen LogP contribution in [0.25, 0.3) is 0 Å². The van der Waals surface area contributed by atoms with Gasteiger partial charge >= 0.3 is 21.7 Å². The summed E-state index contributed by atoms with van der Waals surface area (Å²) in [7, 11) is 3.00. The molecule has 0 radical (unpaired) electrons. The molecule has 2 unspecified atom stereocenters. The molecule has 2 rings (SSSR count). The minimum atomic E-state index is 0. The van der Waals surface area contributed by atoms with Crippen molar-refractivity contribution in [1.82, 2.24) is 0 Å². The Kier molecular flexibility index (Phi) is 39.2. The summed E-state index contributed by atoms with van der Waals surface area (Å²) in [4.78, 5) is 0. The molecule has 16 heavy (non-hydrogen) atoms. The van der Waals surface area contributed by atoms with E-state index in [1.165, 1.54) is 19.3 Å². The first-order chi connectivity index (χ1) is 7.47. The Hall–Kier alpha value is 0.554. The Morgan fingerprint density at radius 1 is 1.00 bits per heavy atom. The number of ether oxygens (including phenoxy) is 1. The molecule has 1 aliphatic heterocycles. The van der Waals surface area contributed by atoms with Gasteiger partial charge in [0.25, 0.3) is 0 Å². The van der Waals surface area contributed by atoms with E-state index in [2.05, 4.69) is 13.3 Å². The topological polar surface area (TPSA) is 73.2 Å². The minimum absolute atomic E-state index is 0. The molecule has 0 bridgehead atoms. The Labute approximate surface area is 115 Å². The fourth-order valence-corrected chi connectivity index (χ4v) is 1.20. The molecule has 2 aliphatic rings. The predicted octanol–water partition coefficient (Wildman–Crippen LogP) is 0.805. The van der Waals surface area contributed by atoms with Gasteiger partial charge in [0, 0.05) is 21.3 Å². The van der Waals surface area contributed by atoms with Gasteiger partial charge in [-0.1, -0.05) is 6.42 Å². The second-order valence-electron chi connectivity index (χ2n) is 2.31. The van der Waals surface area contributed by atoms with Crippen molar-refractivity contribution in [3.63, 3.8) is 0 Å². The van der Waals surface area contributed by atoms with Gasteiger partial charge in [0.2, 0.25) is 0 Å². The summed E-state index contributed by atoms with van der Waals surface area (Å²) >= 11 is 0. The average molecular weight is 270 g/mol. The van der Waals surface area contributed by atoms with Gasteiger partial charge < -0.3 is 33.4 Å². The van der Waals surface area contributed by atoms with Crippen LogP contribution in [0.1, 0.15) is 26.2 Å². The first-order valence-electron chi connectivity index (χ1n) is 4.99. The molecule has 0 amide bonds. The van der Waals surface area contributed by atoms with Gasteiger partial charge in [-0.05, 0) is 0 Å². The van der Waals surface area contributed by atoms with E-state index in [1.54, 1.807) is 6.92 Å². The van der Waals surface area contributed by atoms with E-state index in [0.717, 1.165) is 21.3 Å². The Bertz CT molecular complexity index is 84.1. The molecule has 0 aromatic rings. The molecular formula is C11H26O4Ti. The van der Waals surface area contributed by atoms with Crippen molar-refractivity contribution in [2.75, 3.05) is 21.3 Å². The van der Waals surface area contributed by atoms with Gasteiger partial charge in [0.1, 0.15) is 0 Å². The minimum Gasteiger partial charge on any atom is -0.400 e. The van der Waals surface area contributed by atoms with E-state index in [9.17, 15) is 0 Å². The van der Waals surface area contributed by atoms with Crippen molar-refractivity contribution in [2.45, 2.75) is 38.4 Å².